The van der Waals surface area contributed by atoms with Crippen LogP contribution in [0.2, 0.25) is 0 Å². The Hall–Kier alpha value is -2.18. The fourth-order valence-corrected chi connectivity index (χ4v) is 2.39. The standard InChI is InChI=1S/C15H11NOS/c1-11-7-8-14(18-11)9-13(10-16)15(17)12-5-3-2-4-6-12/h2-9H,1H3. The topological polar surface area (TPSA) is 40.9 Å². The number of hydrogen-bond acceptors (Lipinski definition) is 3. The summed E-state index contributed by atoms with van der Waals surface area (Å²) in [5, 5.41) is 9.09. The lowest BCUT2D eigenvalue weighted by atomic mass is 10.0. The molecular formula is C15H11NOS. The third-order valence-electron chi connectivity index (χ3n) is 2.45. The summed E-state index contributed by atoms with van der Waals surface area (Å²) in [7, 11) is 0. The first-order valence-corrected chi connectivity index (χ1v) is 6.30. The molecule has 1 aromatic heterocycles. The van der Waals surface area contributed by atoms with Crippen LogP contribution in [-0.2, 0) is 0 Å². The fourth-order valence-electron chi connectivity index (χ4n) is 1.57. The highest BCUT2D eigenvalue weighted by atomic mass is 32.1. The van der Waals surface area contributed by atoms with E-state index in [4.69, 9.17) is 5.26 Å². The Balaban J connectivity index is 2.33. The van der Waals surface area contributed by atoms with Gasteiger partial charge in [0.2, 0.25) is 5.78 Å². The van der Waals surface area contributed by atoms with E-state index in [-0.39, 0.29) is 11.4 Å². The molecule has 0 aliphatic rings. The molecule has 2 nitrogen and oxygen atoms in total. The van der Waals surface area contributed by atoms with E-state index in [1.54, 1.807) is 41.7 Å². The van der Waals surface area contributed by atoms with Gasteiger partial charge in [-0.05, 0) is 25.1 Å². The summed E-state index contributed by atoms with van der Waals surface area (Å²) in [6.07, 6.45) is 1.65. The Morgan fingerprint density at radius 3 is 2.50 bits per heavy atom. The first-order valence-electron chi connectivity index (χ1n) is 5.48. The van der Waals surface area contributed by atoms with Crippen molar-refractivity contribution in [1.82, 2.24) is 0 Å². The second-order valence-corrected chi connectivity index (χ2v) is 5.13. The molecule has 0 N–H and O–H groups in total. The van der Waals surface area contributed by atoms with Crippen LogP contribution in [0.4, 0.5) is 0 Å². The van der Waals surface area contributed by atoms with Gasteiger partial charge in [-0.25, -0.2) is 0 Å². The molecular weight excluding hydrogens is 242 g/mol. The average Bonchev–Trinajstić information content (AvgIpc) is 2.82. The highest BCUT2D eigenvalue weighted by Gasteiger charge is 2.11. The SMILES string of the molecule is Cc1ccc(C=C(C#N)C(=O)c2ccccc2)s1. The van der Waals surface area contributed by atoms with Gasteiger partial charge in [-0.15, -0.1) is 11.3 Å². The third kappa shape index (κ3) is 2.73. The second-order valence-electron chi connectivity index (χ2n) is 3.81. The smallest absolute Gasteiger partial charge is 0.203 e. The summed E-state index contributed by atoms with van der Waals surface area (Å²) >= 11 is 1.56. The predicted molar refractivity (Wildman–Crippen MR) is 73.4 cm³/mol. The minimum atomic E-state index is -0.232. The van der Waals surface area contributed by atoms with Gasteiger partial charge >= 0.3 is 0 Å². The van der Waals surface area contributed by atoms with Crippen LogP contribution in [0, 0.1) is 18.3 Å². The van der Waals surface area contributed by atoms with Gasteiger partial charge in [0.05, 0.1) is 0 Å². The zero-order valence-electron chi connectivity index (χ0n) is 9.88. The maximum Gasteiger partial charge on any atom is 0.203 e. The molecule has 1 aromatic carbocycles. The van der Waals surface area contributed by atoms with E-state index >= 15 is 0 Å². The lowest BCUT2D eigenvalue weighted by Crippen LogP contribution is -2.01. The molecule has 0 aliphatic heterocycles. The summed E-state index contributed by atoms with van der Waals surface area (Å²) in [6.45, 7) is 1.99. The van der Waals surface area contributed by atoms with Crippen molar-refractivity contribution in [2.45, 2.75) is 6.92 Å². The maximum atomic E-state index is 12.1. The molecule has 0 spiro atoms. The van der Waals surface area contributed by atoms with Crippen LogP contribution in [0.15, 0.2) is 48.0 Å². The monoisotopic (exact) mass is 253 g/mol. The molecule has 0 atom stereocenters. The van der Waals surface area contributed by atoms with Crippen molar-refractivity contribution in [3.63, 3.8) is 0 Å². The molecule has 3 heteroatoms. The van der Waals surface area contributed by atoms with Crippen LogP contribution in [-0.4, -0.2) is 5.78 Å². The number of allylic oxidation sites excluding steroid dienone is 1. The zero-order valence-corrected chi connectivity index (χ0v) is 10.7. The molecule has 0 radical (unpaired) electrons. The number of Topliss-reactive ketones (excluding diaryl/α,β-unsaturated/α-hetero) is 1. The van der Waals surface area contributed by atoms with Gasteiger partial charge in [0, 0.05) is 15.3 Å². The van der Waals surface area contributed by atoms with E-state index < -0.39 is 0 Å². The quantitative estimate of drug-likeness (QED) is 0.473. The van der Waals surface area contributed by atoms with Gasteiger partial charge in [0.1, 0.15) is 11.6 Å². The summed E-state index contributed by atoms with van der Waals surface area (Å²) in [5.74, 6) is -0.232. The Bertz CT molecular complexity index is 632. The number of nitrogens with zero attached hydrogens (tertiary/aromatic N) is 1. The minimum Gasteiger partial charge on any atom is -0.288 e. The third-order valence-corrected chi connectivity index (χ3v) is 3.40. The molecule has 88 valence electrons. The number of benzene rings is 1. The number of hydrogen-bond donors (Lipinski definition) is 0. The van der Waals surface area contributed by atoms with E-state index in [9.17, 15) is 4.79 Å². The summed E-state index contributed by atoms with van der Waals surface area (Å²) in [5.41, 5.74) is 0.710. The zero-order chi connectivity index (χ0) is 13.0. The van der Waals surface area contributed by atoms with E-state index in [2.05, 4.69) is 0 Å². The van der Waals surface area contributed by atoms with E-state index in [0.29, 0.717) is 5.56 Å². The molecule has 0 unspecified atom stereocenters. The Kier molecular flexibility index (Phi) is 3.71. The lowest BCUT2D eigenvalue weighted by Gasteiger charge is -1.97. The van der Waals surface area contributed by atoms with Crippen molar-refractivity contribution in [3.05, 3.63) is 63.4 Å². The molecule has 2 aromatic rings. The van der Waals surface area contributed by atoms with Crippen LogP contribution in [0.5, 0.6) is 0 Å². The molecule has 0 aliphatic carbocycles. The van der Waals surface area contributed by atoms with E-state index in [1.165, 1.54) is 0 Å². The van der Waals surface area contributed by atoms with Gasteiger partial charge in [-0.3, -0.25) is 4.79 Å². The number of thiophene rings is 1. The minimum absolute atomic E-state index is 0.169. The van der Waals surface area contributed by atoms with E-state index in [1.807, 2.05) is 31.2 Å². The number of nitriles is 1. The van der Waals surface area contributed by atoms with Gasteiger partial charge in [0.15, 0.2) is 0 Å². The summed E-state index contributed by atoms with van der Waals surface area (Å²) in [6, 6.07) is 14.7. The predicted octanol–water partition coefficient (Wildman–Crippen LogP) is 3.85. The number of carbonyl (C=O) groups is 1. The number of aryl methyl sites for hydroxylation is 1. The first-order chi connectivity index (χ1) is 8.70. The molecule has 18 heavy (non-hydrogen) atoms. The molecule has 2 rings (SSSR count). The average molecular weight is 253 g/mol. The van der Waals surface area contributed by atoms with Crippen molar-refractivity contribution < 1.29 is 4.79 Å². The van der Waals surface area contributed by atoms with Crippen LogP contribution >= 0.6 is 11.3 Å². The van der Waals surface area contributed by atoms with Crippen molar-refractivity contribution in [1.29, 1.82) is 5.26 Å². The van der Waals surface area contributed by atoms with E-state index in [0.717, 1.165) is 9.75 Å². The van der Waals surface area contributed by atoms with Crippen LogP contribution in [0.25, 0.3) is 6.08 Å². The molecule has 0 bridgehead atoms. The highest BCUT2D eigenvalue weighted by Crippen LogP contribution is 2.19. The molecule has 0 saturated carbocycles. The van der Waals surface area contributed by atoms with Gasteiger partial charge < -0.3 is 0 Å². The lowest BCUT2D eigenvalue weighted by molar-refractivity contribution is 0.104. The van der Waals surface area contributed by atoms with Crippen LogP contribution in [0.3, 0.4) is 0 Å². The number of ketones is 1. The van der Waals surface area contributed by atoms with Crippen molar-refractivity contribution in [2.24, 2.45) is 0 Å². The number of rotatable bonds is 3. The van der Waals surface area contributed by atoms with Crippen molar-refractivity contribution in [3.8, 4) is 6.07 Å². The summed E-state index contributed by atoms with van der Waals surface area (Å²) < 4.78 is 0. The van der Waals surface area contributed by atoms with Crippen molar-refractivity contribution >= 4 is 23.2 Å². The fraction of sp³-hybridized carbons (Fsp3) is 0.0667. The molecule has 0 amide bonds. The van der Waals surface area contributed by atoms with Crippen LogP contribution < -0.4 is 0 Å². The second kappa shape index (κ2) is 5.44. The molecule has 1 heterocycles. The summed E-state index contributed by atoms with van der Waals surface area (Å²) in [4.78, 5) is 14.2. The van der Waals surface area contributed by atoms with Crippen LogP contribution in [0.1, 0.15) is 20.1 Å². The number of carbonyl (C=O) groups excluding carboxylic acids is 1. The maximum absolute atomic E-state index is 12.1. The van der Waals surface area contributed by atoms with Gasteiger partial charge in [-0.1, -0.05) is 30.3 Å². The van der Waals surface area contributed by atoms with Gasteiger partial charge in [-0.2, -0.15) is 5.26 Å². The van der Waals surface area contributed by atoms with Crippen molar-refractivity contribution in [2.75, 3.05) is 0 Å². The highest BCUT2D eigenvalue weighted by molar-refractivity contribution is 7.12. The largest absolute Gasteiger partial charge is 0.288 e. The Labute approximate surface area is 110 Å². The first kappa shape index (κ1) is 12.3. The Morgan fingerprint density at radius 2 is 1.94 bits per heavy atom. The Morgan fingerprint density at radius 1 is 1.22 bits per heavy atom. The molecule has 0 saturated heterocycles. The van der Waals surface area contributed by atoms with Gasteiger partial charge in [0.25, 0.3) is 0 Å². The molecule has 0 fully saturated rings. The normalized spacial score (nSPS) is 11.0.